The highest BCUT2D eigenvalue weighted by Gasteiger charge is 2.30. The van der Waals surface area contributed by atoms with Crippen LogP contribution in [0.3, 0.4) is 0 Å². The first-order valence-electron chi connectivity index (χ1n) is 8.18. The number of fused-ring (bicyclic) bond motifs is 1. The van der Waals surface area contributed by atoms with E-state index >= 15 is 0 Å². The molecule has 28 heavy (non-hydrogen) atoms. The highest BCUT2D eigenvalue weighted by atomic mass is 19.4. The molecule has 4 rings (SSSR count). The van der Waals surface area contributed by atoms with Crippen LogP contribution in [-0.2, 0) is 6.18 Å². The van der Waals surface area contributed by atoms with Gasteiger partial charge in [0.1, 0.15) is 11.2 Å². The smallest absolute Gasteiger partial charge is 0.416 e. The first-order valence-corrected chi connectivity index (χ1v) is 8.18. The molecule has 11 heteroatoms. The average molecular weight is 390 g/mol. The molecular formula is C17H13F3N6O2. The molecule has 8 nitrogen and oxygen atoms in total. The Morgan fingerprint density at radius 2 is 1.93 bits per heavy atom. The van der Waals surface area contributed by atoms with Gasteiger partial charge in [0.25, 0.3) is 11.4 Å². The number of aryl methyl sites for hydroxylation is 1. The molecule has 0 fully saturated rings. The van der Waals surface area contributed by atoms with Crippen LogP contribution in [0.25, 0.3) is 22.6 Å². The van der Waals surface area contributed by atoms with Crippen LogP contribution in [0.15, 0.2) is 39.9 Å². The zero-order chi connectivity index (χ0) is 20.1. The van der Waals surface area contributed by atoms with Crippen LogP contribution >= 0.6 is 0 Å². The normalized spacial score (nSPS) is 13.2. The van der Waals surface area contributed by atoms with E-state index in [1.807, 2.05) is 0 Å². The lowest BCUT2D eigenvalue weighted by molar-refractivity contribution is -0.137. The van der Waals surface area contributed by atoms with Crippen molar-refractivity contribution in [3.63, 3.8) is 0 Å². The Bertz CT molecular complexity index is 1190. The lowest BCUT2D eigenvalue weighted by atomic mass is 10.1. The second-order valence-electron chi connectivity index (χ2n) is 6.18. The molecule has 0 amide bonds. The van der Waals surface area contributed by atoms with E-state index in [-0.39, 0.29) is 22.6 Å². The van der Waals surface area contributed by atoms with Gasteiger partial charge in [-0.15, -0.1) is 10.2 Å². The van der Waals surface area contributed by atoms with Crippen molar-refractivity contribution in [1.82, 2.24) is 29.9 Å². The topological polar surface area (TPSA) is 102 Å². The number of benzene rings is 1. The summed E-state index contributed by atoms with van der Waals surface area (Å²) in [6.07, 6.45) is -3.31. The summed E-state index contributed by atoms with van der Waals surface area (Å²) in [4.78, 5) is 19.4. The molecule has 3 aromatic heterocycles. The van der Waals surface area contributed by atoms with Crippen LogP contribution in [0.4, 0.5) is 13.2 Å². The number of nitrogens with one attached hydrogen (secondary N) is 1. The predicted molar refractivity (Wildman–Crippen MR) is 91.4 cm³/mol. The molecule has 0 aliphatic rings. The Hall–Kier alpha value is -3.50. The predicted octanol–water partition coefficient (Wildman–Crippen LogP) is 3.11. The Kier molecular flexibility index (Phi) is 4.02. The molecule has 4 aromatic rings. The summed E-state index contributed by atoms with van der Waals surface area (Å²) in [7, 11) is 0. The molecule has 0 aliphatic carbocycles. The molecule has 1 atom stereocenters. The fraction of sp³-hybridized carbons (Fsp3) is 0.235. The van der Waals surface area contributed by atoms with Crippen molar-refractivity contribution in [3.8, 4) is 11.6 Å². The number of alkyl halides is 3. The van der Waals surface area contributed by atoms with E-state index in [0.29, 0.717) is 11.4 Å². The van der Waals surface area contributed by atoms with Gasteiger partial charge in [0.15, 0.2) is 11.3 Å². The number of H-pyrrole nitrogens is 1. The Balaban J connectivity index is 1.88. The lowest BCUT2D eigenvalue weighted by Crippen LogP contribution is -2.13. The lowest BCUT2D eigenvalue weighted by Gasteiger charge is -2.15. The second-order valence-corrected chi connectivity index (χ2v) is 6.18. The molecule has 0 spiro atoms. The maximum absolute atomic E-state index is 12.8. The third kappa shape index (κ3) is 2.94. The Morgan fingerprint density at radius 1 is 1.21 bits per heavy atom. The van der Waals surface area contributed by atoms with Crippen LogP contribution in [0.1, 0.15) is 29.9 Å². The Labute approximate surface area is 155 Å². The molecule has 1 N–H and O–H groups in total. The van der Waals surface area contributed by atoms with E-state index < -0.39 is 23.3 Å². The highest BCUT2D eigenvalue weighted by molar-refractivity contribution is 5.88. The van der Waals surface area contributed by atoms with E-state index in [1.165, 1.54) is 16.8 Å². The van der Waals surface area contributed by atoms with E-state index in [0.717, 1.165) is 18.5 Å². The quantitative estimate of drug-likeness (QED) is 0.577. The fourth-order valence-corrected chi connectivity index (χ4v) is 2.94. The van der Waals surface area contributed by atoms with Crippen LogP contribution < -0.4 is 5.56 Å². The van der Waals surface area contributed by atoms with Gasteiger partial charge in [0.05, 0.1) is 11.6 Å². The summed E-state index contributed by atoms with van der Waals surface area (Å²) >= 11 is 0. The fourth-order valence-electron chi connectivity index (χ4n) is 2.94. The number of rotatable bonds is 3. The summed E-state index contributed by atoms with van der Waals surface area (Å²) in [6.45, 7) is 3.36. The minimum absolute atomic E-state index is 0.0412. The monoisotopic (exact) mass is 390 g/mol. The summed E-state index contributed by atoms with van der Waals surface area (Å²) in [6, 6.07) is 4.24. The molecule has 0 bridgehead atoms. The van der Waals surface area contributed by atoms with E-state index in [9.17, 15) is 18.0 Å². The van der Waals surface area contributed by atoms with Crippen LogP contribution in [0.5, 0.6) is 0 Å². The molecule has 144 valence electrons. The van der Waals surface area contributed by atoms with Gasteiger partial charge in [-0.05, 0) is 31.5 Å². The second kappa shape index (κ2) is 6.29. The van der Waals surface area contributed by atoms with Gasteiger partial charge in [-0.25, -0.2) is 9.67 Å². The Morgan fingerprint density at radius 3 is 2.54 bits per heavy atom. The highest BCUT2D eigenvalue weighted by Crippen LogP contribution is 2.32. The van der Waals surface area contributed by atoms with Gasteiger partial charge < -0.3 is 9.40 Å². The van der Waals surface area contributed by atoms with Crippen molar-refractivity contribution < 1.29 is 17.6 Å². The summed E-state index contributed by atoms with van der Waals surface area (Å²) in [5.74, 6) is 0.412. The van der Waals surface area contributed by atoms with Crippen molar-refractivity contribution in [2.45, 2.75) is 26.1 Å². The first-order chi connectivity index (χ1) is 13.3. The number of nitrogens with zero attached hydrogens (tertiary/aromatic N) is 5. The van der Waals surface area contributed by atoms with E-state index in [2.05, 4.69) is 25.3 Å². The summed E-state index contributed by atoms with van der Waals surface area (Å²) in [5, 5.41) is 11.9. The zero-order valence-electron chi connectivity index (χ0n) is 14.7. The maximum atomic E-state index is 12.8. The SMILES string of the molecule is Cc1nc2c(c(-c3nnco3)nn2[C@H](C)c2ccc(C(F)(F)F)cc2)c(=O)[nH]1. The summed E-state index contributed by atoms with van der Waals surface area (Å²) < 4.78 is 45.1. The van der Waals surface area contributed by atoms with Crippen LogP contribution in [-0.4, -0.2) is 29.9 Å². The maximum Gasteiger partial charge on any atom is 0.416 e. The van der Waals surface area contributed by atoms with Crippen molar-refractivity contribution in [1.29, 1.82) is 0 Å². The minimum atomic E-state index is -4.42. The van der Waals surface area contributed by atoms with E-state index in [1.54, 1.807) is 13.8 Å². The van der Waals surface area contributed by atoms with Crippen molar-refractivity contribution in [2.24, 2.45) is 0 Å². The molecule has 0 unspecified atom stereocenters. The number of hydrogen-bond donors (Lipinski definition) is 1. The number of halogens is 3. The standard InChI is InChI=1S/C17H13F3N6O2/c1-8(10-3-5-11(6-4-10)17(18,19)20)26-14-12(15(27)23-9(2)22-14)13(25-26)16-24-21-7-28-16/h3-8H,1-2H3,(H,22,23,27)/t8-/m1/s1. The zero-order valence-corrected chi connectivity index (χ0v) is 14.7. The molecular weight excluding hydrogens is 377 g/mol. The van der Waals surface area contributed by atoms with Crippen molar-refractivity contribution in [2.75, 3.05) is 0 Å². The molecule has 0 aliphatic heterocycles. The molecule has 0 saturated carbocycles. The third-order valence-corrected chi connectivity index (χ3v) is 4.33. The van der Waals surface area contributed by atoms with Gasteiger partial charge in [-0.3, -0.25) is 4.79 Å². The van der Waals surface area contributed by atoms with Crippen molar-refractivity contribution >= 4 is 11.0 Å². The largest absolute Gasteiger partial charge is 0.422 e. The molecule has 1 aromatic carbocycles. The van der Waals surface area contributed by atoms with Gasteiger partial charge in [0, 0.05) is 0 Å². The van der Waals surface area contributed by atoms with Crippen LogP contribution in [0.2, 0.25) is 0 Å². The third-order valence-electron chi connectivity index (χ3n) is 4.33. The minimum Gasteiger partial charge on any atom is -0.422 e. The average Bonchev–Trinajstić information content (AvgIpc) is 3.28. The number of aromatic nitrogens is 6. The molecule has 3 heterocycles. The van der Waals surface area contributed by atoms with Gasteiger partial charge in [0.2, 0.25) is 6.39 Å². The number of aromatic amines is 1. The van der Waals surface area contributed by atoms with Gasteiger partial charge in [-0.2, -0.15) is 18.3 Å². The molecule has 0 radical (unpaired) electrons. The van der Waals surface area contributed by atoms with Crippen LogP contribution in [0, 0.1) is 6.92 Å². The van der Waals surface area contributed by atoms with Crippen molar-refractivity contribution in [3.05, 3.63) is 58.0 Å². The number of hydrogen-bond acceptors (Lipinski definition) is 6. The van der Waals surface area contributed by atoms with E-state index in [4.69, 9.17) is 4.42 Å². The summed E-state index contributed by atoms with van der Waals surface area (Å²) in [5.41, 5.74) is -0.191. The van der Waals surface area contributed by atoms with Gasteiger partial charge in [-0.1, -0.05) is 12.1 Å². The first kappa shape index (κ1) is 17.9. The van der Waals surface area contributed by atoms with Gasteiger partial charge >= 0.3 is 6.18 Å². The molecule has 0 saturated heterocycles.